The van der Waals surface area contributed by atoms with E-state index >= 15 is 0 Å². The highest BCUT2D eigenvalue weighted by Crippen LogP contribution is 1.87. The van der Waals surface area contributed by atoms with Crippen LogP contribution in [-0.2, 0) is 4.84 Å². The molecule has 0 aliphatic heterocycles. The summed E-state index contributed by atoms with van der Waals surface area (Å²) in [7, 11) is 5.49. The lowest BCUT2D eigenvalue weighted by Gasteiger charge is -2.18. The Labute approximate surface area is 43.7 Å². The largest absolute Gasteiger partial charge is 0.366 e. The SMILES string of the molecule is C[N+](C)(C)O[11CH2]O. The molecule has 0 aliphatic carbocycles. The smallest absolute Gasteiger partial charge is 0.202 e. The van der Waals surface area contributed by atoms with Crippen molar-refractivity contribution in [3.63, 3.8) is 0 Å². The highest BCUT2D eigenvalue weighted by Gasteiger charge is 2.04. The van der Waals surface area contributed by atoms with Crippen LogP contribution in [0.3, 0.4) is 0 Å². The summed E-state index contributed by atoms with van der Waals surface area (Å²) in [4.78, 5) is 4.72. The van der Waals surface area contributed by atoms with Crippen molar-refractivity contribution in [2.75, 3.05) is 27.9 Å². The van der Waals surface area contributed by atoms with Gasteiger partial charge in [-0.05, 0) is 0 Å². The lowest BCUT2D eigenvalue weighted by atomic mass is 10.6. The first-order valence-electron chi connectivity index (χ1n) is 2.13. The van der Waals surface area contributed by atoms with Gasteiger partial charge in [0.2, 0.25) is 6.79 Å². The van der Waals surface area contributed by atoms with Crippen LogP contribution in [0.4, 0.5) is 0 Å². The summed E-state index contributed by atoms with van der Waals surface area (Å²) >= 11 is 0. The van der Waals surface area contributed by atoms with Crippen LogP contribution in [0, 0.1) is 0 Å². The van der Waals surface area contributed by atoms with Crippen LogP contribution >= 0.6 is 0 Å². The first-order chi connectivity index (χ1) is 3.06. The molecule has 0 aliphatic rings. The Balaban J connectivity index is 3.15. The molecule has 0 fully saturated rings. The van der Waals surface area contributed by atoms with E-state index in [-0.39, 0.29) is 6.79 Å². The van der Waals surface area contributed by atoms with Gasteiger partial charge < -0.3 is 5.11 Å². The fraction of sp³-hybridized carbons (Fsp3) is 1.00. The normalized spacial score (nSPS) is 12.0. The molecule has 3 nitrogen and oxygen atoms in total. The van der Waals surface area contributed by atoms with E-state index in [0.29, 0.717) is 4.65 Å². The quantitative estimate of drug-likeness (QED) is 0.293. The summed E-state index contributed by atoms with van der Waals surface area (Å²) < 4.78 is 0.344. The van der Waals surface area contributed by atoms with Crippen LogP contribution < -0.4 is 0 Å². The summed E-state index contributed by atoms with van der Waals surface area (Å²) in [6, 6.07) is 0. The molecule has 3 heteroatoms. The second-order valence-electron chi connectivity index (χ2n) is 2.15. The maximum absolute atomic E-state index is 8.16. The maximum Gasteiger partial charge on any atom is 0.202 e. The van der Waals surface area contributed by atoms with Gasteiger partial charge in [0.05, 0.1) is 21.1 Å². The van der Waals surface area contributed by atoms with Crippen molar-refractivity contribution in [2.45, 2.75) is 0 Å². The molecule has 0 heterocycles. The predicted octanol–water partition coefficient (Wildman–Crippen LogP) is -0.426. The minimum atomic E-state index is -0.219. The van der Waals surface area contributed by atoms with Gasteiger partial charge in [0.25, 0.3) is 0 Å². The van der Waals surface area contributed by atoms with Crippen molar-refractivity contribution >= 4 is 0 Å². The van der Waals surface area contributed by atoms with Crippen molar-refractivity contribution in [2.24, 2.45) is 0 Å². The van der Waals surface area contributed by atoms with E-state index in [9.17, 15) is 0 Å². The number of aliphatic hydroxyl groups excluding tert-OH is 1. The monoisotopic (exact) mass is 105 g/mol. The van der Waals surface area contributed by atoms with Gasteiger partial charge in [-0.25, -0.2) is 0 Å². The number of quaternary nitrogens is 1. The van der Waals surface area contributed by atoms with E-state index in [1.807, 2.05) is 21.1 Å². The minimum absolute atomic E-state index is 0.219. The lowest BCUT2D eigenvalue weighted by molar-refractivity contribution is -1.07. The Morgan fingerprint density at radius 3 is 1.86 bits per heavy atom. The summed E-state index contributed by atoms with van der Waals surface area (Å²) in [5.74, 6) is 0. The second kappa shape index (κ2) is 2.26. The number of hydrogen-bond donors (Lipinski definition) is 1. The fourth-order valence-corrected chi connectivity index (χ4v) is 0.173. The van der Waals surface area contributed by atoms with Gasteiger partial charge in [-0.2, -0.15) is 9.48 Å². The molecule has 0 bridgehead atoms. The third kappa shape index (κ3) is 5.88. The van der Waals surface area contributed by atoms with Gasteiger partial charge in [-0.15, -0.1) is 0 Å². The molecule has 0 atom stereocenters. The van der Waals surface area contributed by atoms with E-state index < -0.39 is 0 Å². The summed E-state index contributed by atoms with van der Waals surface area (Å²) in [6.07, 6.45) is 0. The molecule has 0 radical (unpaired) electrons. The first-order valence-corrected chi connectivity index (χ1v) is 2.13. The van der Waals surface area contributed by atoms with Gasteiger partial charge in [-0.3, -0.25) is 0 Å². The molecular weight excluding hydrogens is 93.0 g/mol. The lowest BCUT2D eigenvalue weighted by Crippen LogP contribution is -2.34. The standard InChI is InChI=1S/C4H12NO2/c1-5(2,3)7-4-6/h6H,4H2,1-3H3/q+1/i4-1. The Morgan fingerprint density at radius 2 is 1.86 bits per heavy atom. The van der Waals surface area contributed by atoms with Crippen molar-refractivity contribution in [1.29, 1.82) is 0 Å². The zero-order valence-corrected chi connectivity index (χ0v) is 5.01. The zero-order valence-electron chi connectivity index (χ0n) is 5.01. The zero-order chi connectivity index (χ0) is 5.91. The first kappa shape index (κ1) is 6.88. The molecule has 0 unspecified atom stereocenters. The van der Waals surface area contributed by atoms with E-state index in [2.05, 4.69) is 0 Å². The van der Waals surface area contributed by atoms with Crippen molar-refractivity contribution in [3.05, 3.63) is 0 Å². The second-order valence-corrected chi connectivity index (χ2v) is 2.15. The third-order valence-electron chi connectivity index (χ3n) is 0.445. The number of hydrogen-bond acceptors (Lipinski definition) is 2. The minimum Gasteiger partial charge on any atom is -0.366 e. The fourth-order valence-electron chi connectivity index (χ4n) is 0.173. The summed E-state index contributed by atoms with van der Waals surface area (Å²) in [5.41, 5.74) is 0. The van der Waals surface area contributed by atoms with E-state index in [0.717, 1.165) is 0 Å². The van der Waals surface area contributed by atoms with Crippen LogP contribution in [0.2, 0.25) is 0 Å². The van der Waals surface area contributed by atoms with Crippen LogP contribution in [0.1, 0.15) is 0 Å². The number of hydroxylamine groups is 3. The van der Waals surface area contributed by atoms with Gasteiger partial charge >= 0.3 is 0 Å². The molecule has 0 saturated carbocycles. The molecule has 0 spiro atoms. The number of nitrogens with zero attached hydrogens (tertiary/aromatic N) is 1. The number of rotatable bonds is 2. The molecule has 0 aromatic heterocycles. The number of aliphatic hydroxyl groups is 1. The van der Waals surface area contributed by atoms with Gasteiger partial charge in [0.1, 0.15) is 0 Å². The van der Waals surface area contributed by atoms with Crippen LogP contribution in [-0.4, -0.2) is 37.7 Å². The molecule has 1 N–H and O–H groups in total. The Morgan fingerprint density at radius 1 is 1.43 bits per heavy atom. The van der Waals surface area contributed by atoms with Gasteiger partial charge in [-0.1, -0.05) is 0 Å². The third-order valence-corrected chi connectivity index (χ3v) is 0.445. The Bertz CT molecular complexity index is 48.1. The molecular formula is C4H12NO2+. The molecule has 44 valence electrons. The van der Waals surface area contributed by atoms with Crippen molar-refractivity contribution in [1.82, 2.24) is 0 Å². The molecule has 7 heavy (non-hydrogen) atoms. The Kier molecular flexibility index (Phi) is 2.22. The van der Waals surface area contributed by atoms with Crippen LogP contribution in [0.25, 0.3) is 0 Å². The summed E-state index contributed by atoms with van der Waals surface area (Å²) in [6.45, 7) is -0.219. The van der Waals surface area contributed by atoms with E-state index in [1.165, 1.54) is 0 Å². The highest BCUT2D eigenvalue weighted by atomic mass is 16.7. The molecule has 0 rings (SSSR count). The van der Waals surface area contributed by atoms with Crippen LogP contribution in [0.5, 0.6) is 0 Å². The van der Waals surface area contributed by atoms with Crippen molar-refractivity contribution in [3.8, 4) is 0 Å². The van der Waals surface area contributed by atoms with E-state index in [1.54, 1.807) is 0 Å². The predicted molar refractivity (Wildman–Crippen MR) is 26.2 cm³/mol. The molecule has 0 saturated heterocycles. The van der Waals surface area contributed by atoms with Crippen molar-refractivity contribution < 1.29 is 14.6 Å². The average Bonchev–Trinajstić information content (AvgIpc) is 1.30. The molecule has 0 amide bonds. The van der Waals surface area contributed by atoms with E-state index in [4.69, 9.17) is 9.94 Å². The highest BCUT2D eigenvalue weighted by molar-refractivity contribution is 3.82. The Hall–Kier alpha value is -0.120. The topological polar surface area (TPSA) is 29.5 Å². The van der Waals surface area contributed by atoms with Crippen LogP contribution in [0.15, 0.2) is 0 Å². The van der Waals surface area contributed by atoms with Gasteiger partial charge in [0.15, 0.2) is 0 Å². The molecule has 0 aromatic carbocycles. The summed E-state index contributed by atoms with van der Waals surface area (Å²) in [5, 5.41) is 8.16. The van der Waals surface area contributed by atoms with Gasteiger partial charge in [0, 0.05) is 0 Å². The molecule has 0 aromatic rings. The average molecular weight is 105 g/mol. The maximum atomic E-state index is 8.16.